The number of aryl methyl sites for hydroxylation is 1. The Hall–Kier alpha value is -3.10. The molecule has 1 aliphatic heterocycles. The number of nitriles is 1. The van der Waals surface area contributed by atoms with E-state index in [2.05, 4.69) is 49.2 Å². The van der Waals surface area contributed by atoms with Crippen molar-refractivity contribution in [2.24, 2.45) is 22.6 Å². The first kappa shape index (κ1) is 22.1. The molecular weight excluding hydrogens is 396 g/mol. The van der Waals surface area contributed by atoms with E-state index in [9.17, 15) is 10.1 Å². The molecule has 1 aromatic carbocycles. The van der Waals surface area contributed by atoms with Gasteiger partial charge in [0.25, 0.3) is 0 Å². The molecule has 1 unspecified atom stereocenters. The van der Waals surface area contributed by atoms with Crippen molar-refractivity contribution in [3.8, 4) is 6.07 Å². The van der Waals surface area contributed by atoms with E-state index in [4.69, 9.17) is 10.7 Å². The van der Waals surface area contributed by atoms with E-state index < -0.39 is 0 Å². The van der Waals surface area contributed by atoms with Crippen molar-refractivity contribution in [1.29, 1.82) is 5.26 Å². The molecule has 1 saturated carbocycles. The SMILES string of the molecule is Cc1ccc(/C2=C(\c3ccc(C#N)nc3)N=C(C3CCC(N)CC3)C(=O)CCC2C)cc1. The molecule has 164 valence electrons. The van der Waals surface area contributed by atoms with Gasteiger partial charge in [-0.3, -0.25) is 4.79 Å². The van der Waals surface area contributed by atoms with Gasteiger partial charge >= 0.3 is 0 Å². The van der Waals surface area contributed by atoms with Gasteiger partial charge in [0.1, 0.15) is 11.8 Å². The summed E-state index contributed by atoms with van der Waals surface area (Å²) in [4.78, 5) is 22.6. The molecule has 32 heavy (non-hydrogen) atoms. The van der Waals surface area contributed by atoms with Crippen LogP contribution in [0.2, 0.25) is 0 Å². The predicted molar refractivity (Wildman–Crippen MR) is 128 cm³/mol. The Morgan fingerprint density at radius 2 is 1.69 bits per heavy atom. The molecule has 5 heteroatoms. The molecule has 0 radical (unpaired) electrons. The highest BCUT2D eigenvalue weighted by Crippen LogP contribution is 2.38. The molecule has 1 aromatic heterocycles. The van der Waals surface area contributed by atoms with Gasteiger partial charge in [0.2, 0.25) is 0 Å². The second kappa shape index (κ2) is 9.58. The summed E-state index contributed by atoms with van der Waals surface area (Å²) in [6.45, 7) is 4.24. The topological polar surface area (TPSA) is 92.1 Å². The lowest BCUT2D eigenvalue weighted by Crippen LogP contribution is -2.33. The number of carbonyl (C=O) groups excluding carboxylic acids is 1. The predicted octanol–water partition coefficient (Wildman–Crippen LogP) is 5.09. The highest BCUT2D eigenvalue weighted by atomic mass is 16.1. The van der Waals surface area contributed by atoms with Crippen molar-refractivity contribution in [1.82, 2.24) is 4.98 Å². The molecule has 1 atom stereocenters. The molecule has 0 spiro atoms. The minimum atomic E-state index is 0.149. The van der Waals surface area contributed by atoms with Gasteiger partial charge < -0.3 is 5.73 Å². The van der Waals surface area contributed by atoms with Gasteiger partial charge in [0.05, 0.1) is 11.4 Å². The van der Waals surface area contributed by atoms with Crippen LogP contribution in [0.4, 0.5) is 0 Å². The number of Topliss-reactive ketones (excluding diaryl/α,β-unsaturated/α-hetero) is 1. The Bertz CT molecular complexity index is 1080. The first-order valence-electron chi connectivity index (χ1n) is 11.5. The average molecular weight is 427 g/mol. The Morgan fingerprint density at radius 1 is 1.00 bits per heavy atom. The molecule has 2 aromatic rings. The minimum Gasteiger partial charge on any atom is -0.328 e. The molecule has 2 heterocycles. The van der Waals surface area contributed by atoms with E-state index in [0.717, 1.165) is 54.5 Å². The van der Waals surface area contributed by atoms with Gasteiger partial charge in [-0.2, -0.15) is 5.26 Å². The van der Waals surface area contributed by atoms with E-state index in [1.807, 2.05) is 6.07 Å². The molecule has 1 fully saturated rings. The Kier molecular flexibility index (Phi) is 6.62. The summed E-state index contributed by atoms with van der Waals surface area (Å²) in [6, 6.07) is 14.4. The van der Waals surface area contributed by atoms with Gasteiger partial charge in [-0.1, -0.05) is 36.8 Å². The van der Waals surface area contributed by atoms with E-state index in [0.29, 0.717) is 17.8 Å². The summed E-state index contributed by atoms with van der Waals surface area (Å²) < 4.78 is 0. The molecule has 1 aliphatic carbocycles. The second-order valence-corrected chi connectivity index (χ2v) is 9.14. The molecule has 0 saturated heterocycles. The molecule has 5 nitrogen and oxygen atoms in total. The van der Waals surface area contributed by atoms with Crippen molar-refractivity contribution in [3.63, 3.8) is 0 Å². The van der Waals surface area contributed by atoms with Gasteiger partial charge in [-0.15, -0.1) is 0 Å². The van der Waals surface area contributed by atoms with Crippen LogP contribution in [0.1, 0.15) is 67.8 Å². The van der Waals surface area contributed by atoms with Crippen LogP contribution in [0.3, 0.4) is 0 Å². The van der Waals surface area contributed by atoms with Gasteiger partial charge in [-0.25, -0.2) is 9.98 Å². The molecule has 2 N–H and O–H groups in total. The molecular formula is C27H30N4O. The van der Waals surface area contributed by atoms with E-state index in [1.165, 1.54) is 5.56 Å². The number of rotatable bonds is 3. The zero-order chi connectivity index (χ0) is 22.7. The van der Waals surface area contributed by atoms with Crippen LogP contribution in [0.15, 0.2) is 47.6 Å². The number of hydrogen-bond acceptors (Lipinski definition) is 5. The normalized spacial score (nSPS) is 26.6. The monoisotopic (exact) mass is 426 g/mol. The number of ketones is 1. The summed E-state index contributed by atoms with van der Waals surface area (Å²) in [5, 5.41) is 9.18. The van der Waals surface area contributed by atoms with Crippen LogP contribution in [0.5, 0.6) is 0 Å². The number of carbonyl (C=O) groups is 1. The number of allylic oxidation sites excluding steroid dienone is 1. The highest BCUT2D eigenvalue weighted by molar-refractivity contribution is 6.41. The van der Waals surface area contributed by atoms with Crippen LogP contribution in [0.25, 0.3) is 11.3 Å². The minimum absolute atomic E-state index is 0.149. The molecule has 0 amide bonds. The number of aliphatic imine (C=N–C) groups is 1. The van der Waals surface area contributed by atoms with Crippen LogP contribution < -0.4 is 5.73 Å². The second-order valence-electron chi connectivity index (χ2n) is 9.14. The maximum atomic E-state index is 13.2. The number of pyridine rings is 1. The van der Waals surface area contributed by atoms with Gasteiger partial charge in [0, 0.05) is 30.1 Å². The zero-order valence-electron chi connectivity index (χ0n) is 18.8. The zero-order valence-corrected chi connectivity index (χ0v) is 18.8. The van der Waals surface area contributed by atoms with Crippen LogP contribution in [0, 0.1) is 30.1 Å². The fraction of sp³-hybridized carbons (Fsp3) is 0.407. The molecule has 4 rings (SSSR count). The Morgan fingerprint density at radius 3 is 2.31 bits per heavy atom. The van der Waals surface area contributed by atoms with Crippen LogP contribution >= 0.6 is 0 Å². The van der Waals surface area contributed by atoms with Crippen molar-refractivity contribution >= 4 is 22.8 Å². The Balaban J connectivity index is 1.91. The largest absolute Gasteiger partial charge is 0.328 e. The molecule has 0 bridgehead atoms. The van der Waals surface area contributed by atoms with Gasteiger partial charge in [-0.05, 0) is 68.2 Å². The summed E-state index contributed by atoms with van der Waals surface area (Å²) in [6.07, 6.45) is 6.65. The lowest BCUT2D eigenvalue weighted by molar-refractivity contribution is -0.113. The quantitative estimate of drug-likeness (QED) is 0.740. The summed E-state index contributed by atoms with van der Waals surface area (Å²) >= 11 is 0. The third-order valence-corrected chi connectivity index (χ3v) is 6.74. The third kappa shape index (κ3) is 4.71. The fourth-order valence-electron chi connectivity index (χ4n) is 4.78. The number of hydrogen-bond donors (Lipinski definition) is 1. The maximum Gasteiger partial charge on any atom is 0.177 e. The van der Waals surface area contributed by atoms with E-state index in [-0.39, 0.29) is 23.7 Å². The summed E-state index contributed by atoms with van der Waals surface area (Å²) in [5.74, 6) is 0.466. The highest BCUT2D eigenvalue weighted by Gasteiger charge is 2.31. The maximum absolute atomic E-state index is 13.2. The van der Waals surface area contributed by atoms with Gasteiger partial charge in [0.15, 0.2) is 5.78 Å². The van der Waals surface area contributed by atoms with E-state index >= 15 is 0 Å². The number of benzene rings is 1. The average Bonchev–Trinajstić information content (AvgIpc) is 2.81. The smallest absolute Gasteiger partial charge is 0.177 e. The first-order valence-corrected chi connectivity index (χ1v) is 11.5. The van der Waals surface area contributed by atoms with Crippen molar-refractivity contribution in [3.05, 3.63) is 65.0 Å². The number of aromatic nitrogens is 1. The molecule has 2 aliphatic rings. The van der Waals surface area contributed by atoms with Crippen molar-refractivity contribution < 1.29 is 4.79 Å². The third-order valence-electron chi connectivity index (χ3n) is 6.74. The summed E-state index contributed by atoms with van der Waals surface area (Å²) in [7, 11) is 0. The Labute approximate surface area is 190 Å². The van der Waals surface area contributed by atoms with Crippen LogP contribution in [-0.4, -0.2) is 22.5 Å². The van der Waals surface area contributed by atoms with Crippen molar-refractivity contribution in [2.75, 3.05) is 0 Å². The lowest BCUT2D eigenvalue weighted by atomic mass is 9.79. The van der Waals surface area contributed by atoms with Crippen molar-refractivity contribution in [2.45, 2.75) is 58.4 Å². The standard InChI is InChI=1S/C27H30N4O/c1-17-3-6-19(7-4-17)25-18(2)5-14-24(32)26(20-8-11-22(29)12-9-20)31-27(25)21-10-13-23(15-28)30-16-21/h3-4,6-7,10,13,16,18,20,22H,5,8-9,11-12,14,29H2,1-2H3/b27-25+,31-26?. The summed E-state index contributed by atoms with van der Waals surface area (Å²) in [5.41, 5.74) is 12.3. The van der Waals surface area contributed by atoms with Crippen LogP contribution in [-0.2, 0) is 4.79 Å². The van der Waals surface area contributed by atoms with E-state index in [1.54, 1.807) is 12.3 Å². The lowest BCUT2D eigenvalue weighted by Gasteiger charge is -2.29. The number of nitrogens with zero attached hydrogens (tertiary/aromatic N) is 3. The first-order chi connectivity index (χ1) is 15.5. The fourth-order valence-corrected chi connectivity index (χ4v) is 4.78. The number of nitrogens with two attached hydrogens (primary N) is 1.